The summed E-state index contributed by atoms with van der Waals surface area (Å²) in [6.45, 7) is 1.76. The van der Waals surface area contributed by atoms with Gasteiger partial charge in [0.1, 0.15) is 11.9 Å². The molecule has 0 amide bonds. The van der Waals surface area contributed by atoms with Gasteiger partial charge in [-0.2, -0.15) is 0 Å². The van der Waals surface area contributed by atoms with Gasteiger partial charge < -0.3 is 4.74 Å². The number of hydrogen-bond acceptors (Lipinski definition) is 2. The molecule has 0 saturated carbocycles. The first kappa shape index (κ1) is 16.6. The Bertz CT molecular complexity index is 886. The molecular weight excluding hydrogens is 318 g/mol. The number of rotatable bonds is 5. The van der Waals surface area contributed by atoms with E-state index in [0.29, 0.717) is 0 Å². The lowest BCUT2D eigenvalue weighted by atomic mass is 9.93. The van der Waals surface area contributed by atoms with Crippen molar-refractivity contribution in [2.75, 3.05) is 13.6 Å². The van der Waals surface area contributed by atoms with Crippen LogP contribution in [0.1, 0.15) is 16.7 Å². The van der Waals surface area contributed by atoms with Crippen molar-refractivity contribution >= 4 is 5.57 Å². The Labute approximate surface area is 155 Å². The van der Waals surface area contributed by atoms with E-state index in [9.17, 15) is 0 Å². The van der Waals surface area contributed by atoms with Crippen molar-refractivity contribution in [1.82, 2.24) is 4.90 Å². The molecule has 0 spiro atoms. The van der Waals surface area contributed by atoms with Gasteiger partial charge in [0.05, 0.1) is 0 Å². The van der Waals surface area contributed by atoms with Crippen LogP contribution in [0.25, 0.3) is 5.57 Å². The number of benzene rings is 3. The Balaban J connectivity index is 1.57. The molecule has 4 rings (SSSR count). The van der Waals surface area contributed by atoms with Gasteiger partial charge in [0.2, 0.25) is 0 Å². The smallest absolute Gasteiger partial charge is 0.130 e. The second-order valence-corrected chi connectivity index (χ2v) is 6.78. The average molecular weight is 341 g/mol. The SMILES string of the molecule is CN(Cc1ccccc1)CC1C=C(c2ccccc2)c2ccccc2O1. The number of hydrogen-bond donors (Lipinski definition) is 0. The van der Waals surface area contributed by atoms with Crippen LogP contribution in [-0.2, 0) is 6.54 Å². The van der Waals surface area contributed by atoms with Crippen molar-refractivity contribution in [3.8, 4) is 5.75 Å². The first-order valence-corrected chi connectivity index (χ1v) is 9.05. The van der Waals surface area contributed by atoms with E-state index >= 15 is 0 Å². The molecule has 0 bridgehead atoms. The maximum absolute atomic E-state index is 6.27. The number of para-hydroxylation sites is 1. The Morgan fingerprint density at radius 1 is 0.808 bits per heavy atom. The zero-order valence-corrected chi connectivity index (χ0v) is 15.0. The average Bonchev–Trinajstić information content (AvgIpc) is 2.69. The third-order valence-corrected chi connectivity index (χ3v) is 4.68. The quantitative estimate of drug-likeness (QED) is 0.647. The molecule has 1 aliphatic rings. The van der Waals surface area contributed by atoms with Gasteiger partial charge in [-0.15, -0.1) is 0 Å². The minimum absolute atomic E-state index is 0.0359. The van der Waals surface area contributed by atoms with Crippen molar-refractivity contribution in [2.24, 2.45) is 0 Å². The highest BCUT2D eigenvalue weighted by Crippen LogP contribution is 2.35. The zero-order valence-electron chi connectivity index (χ0n) is 15.0. The van der Waals surface area contributed by atoms with Gasteiger partial charge >= 0.3 is 0 Å². The van der Waals surface area contributed by atoms with Gasteiger partial charge in [-0.05, 0) is 35.9 Å². The van der Waals surface area contributed by atoms with Gasteiger partial charge in [-0.1, -0.05) is 78.9 Å². The van der Waals surface area contributed by atoms with Crippen molar-refractivity contribution in [3.05, 3.63) is 108 Å². The van der Waals surface area contributed by atoms with E-state index < -0.39 is 0 Å². The van der Waals surface area contributed by atoms with E-state index in [1.54, 1.807) is 0 Å². The lowest BCUT2D eigenvalue weighted by molar-refractivity contribution is 0.177. The van der Waals surface area contributed by atoms with E-state index in [1.807, 2.05) is 6.07 Å². The molecule has 0 aliphatic carbocycles. The summed E-state index contributed by atoms with van der Waals surface area (Å²) in [5.74, 6) is 0.965. The van der Waals surface area contributed by atoms with E-state index in [1.165, 1.54) is 22.3 Å². The second kappa shape index (κ2) is 7.59. The van der Waals surface area contributed by atoms with E-state index in [2.05, 4.69) is 96.9 Å². The summed E-state index contributed by atoms with van der Waals surface area (Å²) in [6.07, 6.45) is 2.30. The lowest BCUT2D eigenvalue weighted by Gasteiger charge is -2.29. The largest absolute Gasteiger partial charge is 0.484 e. The second-order valence-electron chi connectivity index (χ2n) is 6.78. The zero-order chi connectivity index (χ0) is 17.8. The van der Waals surface area contributed by atoms with Crippen molar-refractivity contribution < 1.29 is 4.74 Å². The van der Waals surface area contributed by atoms with Gasteiger partial charge in [0, 0.05) is 18.7 Å². The Kier molecular flexibility index (Phi) is 4.85. The summed E-state index contributed by atoms with van der Waals surface area (Å²) in [5, 5.41) is 0. The molecule has 0 saturated heterocycles. The van der Waals surface area contributed by atoms with Gasteiger partial charge in [-0.3, -0.25) is 4.90 Å². The molecule has 0 aromatic heterocycles. The molecule has 130 valence electrons. The van der Waals surface area contributed by atoms with Crippen LogP contribution in [0.4, 0.5) is 0 Å². The summed E-state index contributed by atoms with van der Waals surface area (Å²) < 4.78 is 6.27. The molecule has 1 heterocycles. The molecule has 1 atom stereocenters. The van der Waals surface area contributed by atoms with Crippen molar-refractivity contribution in [1.29, 1.82) is 0 Å². The topological polar surface area (TPSA) is 12.5 Å². The molecule has 26 heavy (non-hydrogen) atoms. The predicted molar refractivity (Wildman–Crippen MR) is 107 cm³/mol. The molecule has 0 fully saturated rings. The number of likely N-dealkylation sites (N-methyl/N-ethyl adjacent to an activating group) is 1. The highest BCUT2D eigenvalue weighted by Gasteiger charge is 2.22. The van der Waals surface area contributed by atoms with Crippen LogP contribution >= 0.6 is 0 Å². The minimum atomic E-state index is 0.0359. The molecule has 0 radical (unpaired) electrons. The third-order valence-electron chi connectivity index (χ3n) is 4.68. The normalized spacial score (nSPS) is 15.9. The van der Waals surface area contributed by atoms with Crippen LogP contribution in [0.5, 0.6) is 5.75 Å². The molecule has 1 unspecified atom stereocenters. The fourth-order valence-corrected chi connectivity index (χ4v) is 3.49. The molecule has 2 nitrogen and oxygen atoms in total. The summed E-state index contributed by atoms with van der Waals surface area (Å²) in [6, 6.07) is 29.4. The molecule has 1 aliphatic heterocycles. The van der Waals surface area contributed by atoms with E-state index in [0.717, 1.165) is 18.8 Å². The highest BCUT2D eigenvalue weighted by atomic mass is 16.5. The Morgan fingerprint density at radius 2 is 1.46 bits per heavy atom. The molecule has 3 aromatic carbocycles. The predicted octanol–water partition coefficient (Wildman–Crippen LogP) is 5.01. The van der Waals surface area contributed by atoms with Gasteiger partial charge in [0.15, 0.2) is 0 Å². The summed E-state index contributed by atoms with van der Waals surface area (Å²) >= 11 is 0. The molecular formula is C24H23NO. The van der Waals surface area contributed by atoms with E-state index in [-0.39, 0.29) is 6.10 Å². The Morgan fingerprint density at radius 3 is 2.23 bits per heavy atom. The third kappa shape index (κ3) is 3.71. The van der Waals surface area contributed by atoms with Crippen LogP contribution in [0.3, 0.4) is 0 Å². The Hall–Kier alpha value is -2.84. The first-order chi connectivity index (χ1) is 12.8. The molecule has 0 N–H and O–H groups in total. The lowest BCUT2D eigenvalue weighted by Crippen LogP contribution is -2.33. The summed E-state index contributed by atoms with van der Waals surface area (Å²) in [7, 11) is 2.15. The first-order valence-electron chi connectivity index (χ1n) is 9.05. The maximum Gasteiger partial charge on any atom is 0.130 e. The van der Waals surface area contributed by atoms with Crippen molar-refractivity contribution in [3.63, 3.8) is 0 Å². The highest BCUT2D eigenvalue weighted by molar-refractivity contribution is 5.84. The summed E-state index contributed by atoms with van der Waals surface area (Å²) in [4.78, 5) is 2.31. The molecule has 2 heteroatoms. The van der Waals surface area contributed by atoms with Crippen molar-refractivity contribution in [2.45, 2.75) is 12.6 Å². The monoisotopic (exact) mass is 341 g/mol. The van der Waals surface area contributed by atoms with Crippen LogP contribution < -0.4 is 4.74 Å². The molecule has 3 aromatic rings. The van der Waals surface area contributed by atoms with Gasteiger partial charge in [0.25, 0.3) is 0 Å². The van der Waals surface area contributed by atoms with E-state index in [4.69, 9.17) is 4.74 Å². The van der Waals surface area contributed by atoms with Crippen LogP contribution in [0.15, 0.2) is 91.0 Å². The number of ether oxygens (including phenoxy) is 1. The number of fused-ring (bicyclic) bond motifs is 1. The fraction of sp³-hybridized carbons (Fsp3) is 0.167. The number of nitrogens with zero attached hydrogens (tertiary/aromatic N) is 1. The van der Waals surface area contributed by atoms with Crippen LogP contribution in [0.2, 0.25) is 0 Å². The fourth-order valence-electron chi connectivity index (χ4n) is 3.49. The van der Waals surface area contributed by atoms with Gasteiger partial charge in [-0.25, -0.2) is 0 Å². The summed E-state index contributed by atoms with van der Waals surface area (Å²) in [5.41, 5.74) is 4.98. The standard InChI is InChI=1S/C24H23NO/c1-25(17-19-10-4-2-5-11-19)18-21-16-23(20-12-6-3-7-13-20)22-14-8-9-15-24(22)26-21/h2-16,21H,17-18H2,1H3. The maximum atomic E-state index is 6.27. The minimum Gasteiger partial charge on any atom is -0.484 e. The van der Waals surface area contributed by atoms with Crippen LogP contribution in [0, 0.1) is 0 Å². The van der Waals surface area contributed by atoms with Crippen LogP contribution in [-0.4, -0.2) is 24.6 Å².